The molecule has 0 aromatic heterocycles. The highest BCUT2D eigenvalue weighted by atomic mass is 16.5. The molecule has 0 fully saturated rings. The SMILES string of the molecule is CC=CC(=O)Nc1ccc(Oc2ccccc2)cc1. The van der Waals surface area contributed by atoms with Gasteiger partial charge in [0.1, 0.15) is 11.5 Å². The number of anilines is 1. The van der Waals surface area contributed by atoms with Crippen LogP contribution >= 0.6 is 0 Å². The molecule has 3 heteroatoms. The number of rotatable bonds is 4. The molecule has 0 spiro atoms. The van der Waals surface area contributed by atoms with Crippen LogP contribution in [-0.2, 0) is 4.79 Å². The molecule has 0 saturated carbocycles. The third-order valence-corrected chi connectivity index (χ3v) is 2.42. The number of nitrogens with one attached hydrogen (secondary N) is 1. The summed E-state index contributed by atoms with van der Waals surface area (Å²) in [5.74, 6) is 1.38. The number of para-hydroxylation sites is 1. The summed E-state index contributed by atoms with van der Waals surface area (Å²) in [5.41, 5.74) is 0.739. The van der Waals surface area contributed by atoms with Crippen molar-refractivity contribution in [2.24, 2.45) is 0 Å². The Bertz CT molecular complexity index is 559. The van der Waals surface area contributed by atoms with Crippen LogP contribution in [0, 0.1) is 0 Å². The van der Waals surface area contributed by atoms with Gasteiger partial charge in [-0.2, -0.15) is 0 Å². The molecule has 0 unspecified atom stereocenters. The topological polar surface area (TPSA) is 38.3 Å². The molecule has 2 rings (SSSR count). The van der Waals surface area contributed by atoms with Crippen molar-refractivity contribution in [2.45, 2.75) is 6.92 Å². The Balaban J connectivity index is 2.00. The lowest BCUT2D eigenvalue weighted by Gasteiger charge is -2.07. The maximum absolute atomic E-state index is 11.4. The summed E-state index contributed by atoms with van der Waals surface area (Å²) in [4.78, 5) is 11.4. The summed E-state index contributed by atoms with van der Waals surface area (Å²) in [7, 11) is 0. The first-order valence-corrected chi connectivity index (χ1v) is 6.04. The van der Waals surface area contributed by atoms with Crippen molar-refractivity contribution in [3.63, 3.8) is 0 Å². The summed E-state index contributed by atoms with van der Waals surface area (Å²) in [6.45, 7) is 1.80. The van der Waals surface area contributed by atoms with E-state index in [4.69, 9.17) is 4.74 Å². The first kappa shape index (κ1) is 12.9. The Kier molecular flexibility index (Phi) is 4.34. The smallest absolute Gasteiger partial charge is 0.248 e. The molecule has 2 aromatic carbocycles. The van der Waals surface area contributed by atoms with Crippen molar-refractivity contribution in [3.05, 3.63) is 66.7 Å². The highest BCUT2D eigenvalue weighted by Gasteiger charge is 1.99. The molecule has 3 nitrogen and oxygen atoms in total. The monoisotopic (exact) mass is 253 g/mol. The second kappa shape index (κ2) is 6.40. The molecular formula is C16H15NO2. The summed E-state index contributed by atoms with van der Waals surface area (Å²) >= 11 is 0. The van der Waals surface area contributed by atoms with Gasteiger partial charge in [0.15, 0.2) is 0 Å². The van der Waals surface area contributed by atoms with Gasteiger partial charge in [-0.25, -0.2) is 0 Å². The highest BCUT2D eigenvalue weighted by molar-refractivity contribution is 5.99. The van der Waals surface area contributed by atoms with Gasteiger partial charge >= 0.3 is 0 Å². The van der Waals surface area contributed by atoms with Gasteiger partial charge in [0.25, 0.3) is 0 Å². The van der Waals surface area contributed by atoms with E-state index in [1.54, 1.807) is 25.1 Å². The predicted octanol–water partition coefficient (Wildman–Crippen LogP) is 3.99. The number of carbonyl (C=O) groups is 1. The Morgan fingerprint density at radius 1 is 1.00 bits per heavy atom. The van der Waals surface area contributed by atoms with Gasteiger partial charge in [0, 0.05) is 5.69 Å². The predicted molar refractivity (Wildman–Crippen MR) is 76.4 cm³/mol. The Morgan fingerprint density at radius 3 is 2.26 bits per heavy atom. The molecule has 0 aliphatic heterocycles. The molecule has 96 valence electrons. The number of hydrogen-bond donors (Lipinski definition) is 1. The van der Waals surface area contributed by atoms with Crippen LogP contribution in [0.1, 0.15) is 6.92 Å². The van der Waals surface area contributed by atoms with Crippen LogP contribution in [-0.4, -0.2) is 5.91 Å². The zero-order valence-corrected chi connectivity index (χ0v) is 10.7. The Hall–Kier alpha value is -2.55. The highest BCUT2D eigenvalue weighted by Crippen LogP contribution is 2.22. The molecule has 2 aromatic rings. The van der Waals surface area contributed by atoms with E-state index in [0.29, 0.717) is 0 Å². The van der Waals surface area contributed by atoms with Crippen LogP contribution < -0.4 is 10.1 Å². The van der Waals surface area contributed by atoms with Gasteiger partial charge in [-0.05, 0) is 49.4 Å². The molecule has 1 amide bonds. The molecule has 0 heterocycles. The third-order valence-electron chi connectivity index (χ3n) is 2.42. The van der Waals surface area contributed by atoms with E-state index in [0.717, 1.165) is 17.2 Å². The summed E-state index contributed by atoms with van der Waals surface area (Å²) in [6.07, 6.45) is 3.18. The fourth-order valence-electron chi connectivity index (χ4n) is 1.57. The number of hydrogen-bond acceptors (Lipinski definition) is 2. The van der Waals surface area contributed by atoms with Crippen LogP contribution in [0.3, 0.4) is 0 Å². The average molecular weight is 253 g/mol. The van der Waals surface area contributed by atoms with Crippen molar-refractivity contribution in [1.82, 2.24) is 0 Å². The van der Waals surface area contributed by atoms with Crippen molar-refractivity contribution in [1.29, 1.82) is 0 Å². The molecule has 0 aliphatic rings. The zero-order valence-electron chi connectivity index (χ0n) is 10.7. The minimum absolute atomic E-state index is 0.140. The van der Waals surface area contributed by atoms with Crippen molar-refractivity contribution in [3.8, 4) is 11.5 Å². The summed E-state index contributed by atoms with van der Waals surface area (Å²) < 4.78 is 5.66. The van der Waals surface area contributed by atoms with E-state index < -0.39 is 0 Å². The molecule has 19 heavy (non-hydrogen) atoms. The first-order chi connectivity index (χ1) is 9.28. The number of amides is 1. The van der Waals surface area contributed by atoms with E-state index in [1.165, 1.54) is 6.08 Å². The van der Waals surface area contributed by atoms with Gasteiger partial charge in [-0.1, -0.05) is 24.3 Å². The summed E-state index contributed by atoms with van der Waals surface area (Å²) in [5, 5.41) is 2.75. The molecule has 0 aliphatic carbocycles. The van der Waals surface area contributed by atoms with Gasteiger partial charge in [0.05, 0.1) is 0 Å². The van der Waals surface area contributed by atoms with Gasteiger partial charge in [-0.15, -0.1) is 0 Å². The molecule has 0 radical (unpaired) electrons. The maximum Gasteiger partial charge on any atom is 0.248 e. The zero-order chi connectivity index (χ0) is 13.5. The number of ether oxygens (including phenoxy) is 1. The lowest BCUT2D eigenvalue weighted by atomic mass is 10.3. The van der Waals surface area contributed by atoms with Crippen molar-refractivity contribution < 1.29 is 9.53 Å². The van der Waals surface area contributed by atoms with Crippen LogP contribution in [0.15, 0.2) is 66.7 Å². The fraction of sp³-hybridized carbons (Fsp3) is 0.0625. The van der Waals surface area contributed by atoms with Crippen LogP contribution in [0.5, 0.6) is 11.5 Å². The normalized spacial score (nSPS) is 10.4. The standard InChI is InChI=1S/C16H15NO2/c1-2-6-16(18)17-13-9-11-15(12-10-13)19-14-7-4-3-5-8-14/h2-12H,1H3,(H,17,18). The third kappa shape index (κ3) is 4.00. The van der Waals surface area contributed by atoms with E-state index in [1.807, 2.05) is 42.5 Å². The largest absolute Gasteiger partial charge is 0.457 e. The van der Waals surface area contributed by atoms with Crippen molar-refractivity contribution >= 4 is 11.6 Å². The lowest BCUT2D eigenvalue weighted by molar-refractivity contribution is -0.111. The average Bonchev–Trinajstić information content (AvgIpc) is 2.42. The molecule has 0 bridgehead atoms. The lowest BCUT2D eigenvalue weighted by Crippen LogP contribution is -2.07. The number of carbonyl (C=O) groups excluding carboxylic acids is 1. The molecule has 1 N–H and O–H groups in total. The minimum atomic E-state index is -0.140. The van der Waals surface area contributed by atoms with Gasteiger partial charge in [-0.3, -0.25) is 4.79 Å². The first-order valence-electron chi connectivity index (χ1n) is 6.04. The summed E-state index contributed by atoms with van der Waals surface area (Å²) in [6, 6.07) is 16.8. The van der Waals surface area contributed by atoms with Gasteiger partial charge < -0.3 is 10.1 Å². The van der Waals surface area contributed by atoms with E-state index in [-0.39, 0.29) is 5.91 Å². The maximum atomic E-state index is 11.4. The van der Waals surface area contributed by atoms with E-state index >= 15 is 0 Å². The number of benzene rings is 2. The van der Waals surface area contributed by atoms with Crippen molar-refractivity contribution in [2.75, 3.05) is 5.32 Å². The Morgan fingerprint density at radius 2 is 1.63 bits per heavy atom. The van der Waals surface area contributed by atoms with E-state index in [2.05, 4.69) is 5.32 Å². The second-order valence-electron chi connectivity index (χ2n) is 3.93. The quantitative estimate of drug-likeness (QED) is 0.836. The molecular weight excluding hydrogens is 238 g/mol. The van der Waals surface area contributed by atoms with Gasteiger partial charge in [0.2, 0.25) is 5.91 Å². The minimum Gasteiger partial charge on any atom is -0.457 e. The van der Waals surface area contributed by atoms with Crippen LogP contribution in [0.4, 0.5) is 5.69 Å². The number of allylic oxidation sites excluding steroid dienone is 1. The van der Waals surface area contributed by atoms with Crippen LogP contribution in [0.2, 0.25) is 0 Å². The Labute approximate surface area is 112 Å². The van der Waals surface area contributed by atoms with E-state index in [9.17, 15) is 4.79 Å². The fourth-order valence-corrected chi connectivity index (χ4v) is 1.57. The molecule has 0 saturated heterocycles. The second-order valence-corrected chi connectivity index (χ2v) is 3.93. The van der Waals surface area contributed by atoms with Crippen LogP contribution in [0.25, 0.3) is 0 Å². The molecule has 0 atom stereocenters.